The fourth-order valence-electron chi connectivity index (χ4n) is 2.97. The third-order valence-corrected chi connectivity index (χ3v) is 4.73. The van der Waals surface area contributed by atoms with E-state index >= 15 is 0 Å². The first kappa shape index (κ1) is 13.7. The summed E-state index contributed by atoms with van der Waals surface area (Å²) in [5.41, 5.74) is 2.24. The molecule has 0 radical (unpaired) electrons. The molecule has 1 aliphatic rings. The van der Waals surface area contributed by atoms with Crippen LogP contribution < -0.4 is 0 Å². The molecule has 1 saturated carbocycles. The van der Waals surface area contributed by atoms with Gasteiger partial charge >= 0.3 is 0 Å². The van der Waals surface area contributed by atoms with Gasteiger partial charge < -0.3 is 0 Å². The lowest BCUT2D eigenvalue weighted by atomic mass is 10.1. The molecule has 1 fully saturated rings. The van der Waals surface area contributed by atoms with Crippen LogP contribution in [0.5, 0.6) is 0 Å². The summed E-state index contributed by atoms with van der Waals surface area (Å²) >= 11 is 11.7. The van der Waals surface area contributed by atoms with E-state index in [2.05, 4.69) is 34.5 Å². The third-order valence-electron chi connectivity index (χ3n) is 4.14. The molecule has 0 aliphatic heterocycles. The standard InChI is InChI=1S/C17H14ClN3S/c18-14-8-4-5-9-15(14)21-16(19-20-17(21)22)13-10-12(13)11-6-2-1-3-7-11/h1-9,12-13H,10H2,(H,20,22)/t12-,13+/m0/s1. The monoisotopic (exact) mass is 327 g/mol. The van der Waals surface area contributed by atoms with E-state index in [1.165, 1.54) is 5.56 Å². The number of halogens is 1. The molecule has 110 valence electrons. The van der Waals surface area contributed by atoms with Gasteiger partial charge in [0.1, 0.15) is 5.82 Å². The van der Waals surface area contributed by atoms with Crippen molar-refractivity contribution >= 4 is 23.8 Å². The van der Waals surface area contributed by atoms with Crippen LogP contribution in [0.1, 0.15) is 29.6 Å². The fraction of sp³-hybridized carbons (Fsp3) is 0.176. The molecule has 1 N–H and O–H groups in total. The first-order valence-electron chi connectivity index (χ1n) is 7.23. The minimum atomic E-state index is 0.381. The van der Waals surface area contributed by atoms with Crippen LogP contribution in [0.4, 0.5) is 0 Å². The van der Waals surface area contributed by atoms with Gasteiger partial charge in [-0.2, -0.15) is 5.10 Å². The normalized spacial score (nSPS) is 20.0. The number of hydrogen-bond donors (Lipinski definition) is 1. The second-order valence-electron chi connectivity index (χ2n) is 5.53. The molecule has 3 aromatic rings. The summed E-state index contributed by atoms with van der Waals surface area (Å²) in [6.45, 7) is 0. The molecule has 0 spiro atoms. The zero-order valence-corrected chi connectivity index (χ0v) is 13.3. The highest BCUT2D eigenvalue weighted by atomic mass is 35.5. The maximum absolute atomic E-state index is 6.33. The van der Waals surface area contributed by atoms with Crippen molar-refractivity contribution in [1.82, 2.24) is 14.8 Å². The average molecular weight is 328 g/mol. The minimum absolute atomic E-state index is 0.381. The van der Waals surface area contributed by atoms with E-state index in [1.54, 1.807) is 0 Å². The summed E-state index contributed by atoms with van der Waals surface area (Å²) in [6, 6.07) is 18.3. The summed E-state index contributed by atoms with van der Waals surface area (Å²) in [5, 5.41) is 8.05. The first-order valence-corrected chi connectivity index (χ1v) is 8.01. The van der Waals surface area contributed by atoms with E-state index in [4.69, 9.17) is 23.8 Å². The zero-order chi connectivity index (χ0) is 15.1. The lowest BCUT2D eigenvalue weighted by molar-refractivity contribution is 0.846. The number of nitrogens with zero attached hydrogens (tertiary/aromatic N) is 2. The number of benzene rings is 2. The van der Waals surface area contributed by atoms with Gasteiger partial charge in [0.2, 0.25) is 0 Å². The minimum Gasteiger partial charge on any atom is -0.270 e. The Hall–Kier alpha value is -1.91. The first-order chi connectivity index (χ1) is 10.8. The molecule has 1 aliphatic carbocycles. The Bertz CT molecular complexity index is 869. The van der Waals surface area contributed by atoms with E-state index < -0.39 is 0 Å². The van der Waals surface area contributed by atoms with Gasteiger partial charge in [-0.3, -0.25) is 9.67 Å². The average Bonchev–Trinajstić information content (AvgIpc) is 3.25. The predicted octanol–water partition coefficient (Wildman–Crippen LogP) is 4.85. The molecule has 1 heterocycles. The van der Waals surface area contributed by atoms with Crippen molar-refractivity contribution in [3.05, 3.63) is 75.8 Å². The van der Waals surface area contributed by atoms with Gasteiger partial charge in [0.15, 0.2) is 4.77 Å². The summed E-state index contributed by atoms with van der Waals surface area (Å²) < 4.78 is 2.55. The Balaban J connectivity index is 1.74. The number of hydrogen-bond acceptors (Lipinski definition) is 2. The Morgan fingerprint density at radius 3 is 2.55 bits per heavy atom. The zero-order valence-electron chi connectivity index (χ0n) is 11.7. The van der Waals surface area contributed by atoms with Gasteiger partial charge in [0.25, 0.3) is 0 Å². The van der Waals surface area contributed by atoms with E-state index in [9.17, 15) is 0 Å². The number of aromatic nitrogens is 3. The second-order valence-corrected chi connectivity index (χ2v) is 6.33. The van der Waals surface area contributed by atoms with Crippen LogP contribution >= 0.6 is 23.8 Å². The topological polar surface area (TPSA) is 33.6 Å². The van der Waals surface area contributed by atoms with Crippen molar-refractivity contribution in [2.75, 3.05) is 0 Å². The molecule has 0 amide bonds. The maximum Gasteiger partial charge on any atom is 0.199 e. The molecule has 3 nitrogen and oxygen atoms in total. The highest BCUT2D eigenvalue weighted by Crippen LogP contribution is 2.54. The van der Waals surface area contributed by atoms with Crippen molar-refractivity contribution in [3.8, 4) is 5.69 Å². The number of rotatable bonds is 3. The Kier molecular flexibility index (Phi) is 3.36. The van der Waals surface area contributed by atoms with Crippen LogP contribution in [-0.2, 0) is 0 Å². The molecule has 2 aromatic carbocycles. The van der Waals surface area contributed by atoms with E-state index in [1.807, 2.05) is 34.9 Å². The fourth-order valence-corrected chi connectivity index (χ4v) is 3.43. The molecular formula is C17H14ClN3S. The summed E-state index contributed by atoms with van der Waals surface area (Å²) in [6.07, 6.45) is 1.09. The summed E-state index contributed by atoms with van der Waals surface area (Å²) in [7, 11) is 0. The Labute approximate surface area is 138 Å². The molecule has 2 atom stereocenters. The van der Waals surface area contributed by atoms with Gasteiger partial charge in [-0.25, -0.2) is 0 Å². The maximum atomic E-state index is 6.33. The second kappa shape index (κ2) is 5.38. The quantitative estimate of drug-likeness (QED) is 0.697. The lowest BCUT2D eigenvalue weighted by Crippen LogP contribution is -2.01. The van der Waals surface area contributed by atoms with Gasteiger partial charge in [0, 0.05) is 5.92 Å². The largest absolute Gasteiger partial charge is 0.270 e. The van der Waals surface area contributed by atoms with Crippen LogP contribution in [0.15, 0.2) is 54.6 Å². The summed E-state index contributed by atoms with van der Waals surface area (Å²) in [4.78, 5) is 0. The SMILES string of the molecule is S=c1[nH]nc([C@@H]2C[C@H]2c2ccccc2)n1-c1ccccc1Cl. The van der Waals surface area contributed by atoms with Gasteiger partial charge in [-0.05, 0) is 42.3 Å². The highest BCUT2D eigenvalue weighted by molar-refractivity contribution is 7.71. The molecule has 0 bridgehead atoms. The molecular weight excluding hydrogens is 314 g/mol. The van der Waals surface area contributed by atoms with E-state index in [0.717, 1.165) is 17.9 Å². The molecule has 4 rings (SSSR count). The van der Waals surface area contributed by atoms with Gasteiger partial charge in [0.05, 0.1) is 10.7 Å². The molecule has 22 heavy (non-hydrogen) atoms. The van der Waals surface area contributed by atoms with Crippen molar-refractivity contribution in [3.63, 3.8) is 0 Å². The Morgan fingerprint density at radius 1 is 1.05 bits per heavy atom. The van der Waals surface area contributed by atoms with Crippen molar-refractivity contribution < 1.29 is 0 Å². The Morgan fingerprint density at radius 2 is 1.77 bits per heavy atom. The number of H-pyrrole nitrogens is 1. The number of aromatic amines is 1. The van der Waals surface area contributed by atoms with Gasteiger partial charge in [-0.15, -0.1) is 0 Å². The van der Waals surface area contributed by atoms with Crippen LogP contribution in [0.25, 0.3) is 5.69 Å². The van der Waals surface area contributed by atoms with Crippen LogP contribution in [0, 0.1) is 4.77 Å². The molecule has 5 heteroatoms. The van der Waals surface area contributed by atoms with Crippen molar-refractivity contribution in [2.45, 2.75) is 18.3 Å². The molecule has 1 aromatic heterocycles. The molecule has 0 saturated heterocycles. The smallest absolute Gasteiger partial charge is 0.199 e. The van der Waals surface area contributed by atoms with Crippen LogP contribution in [0.2, 0.25) is 5.02 Å². The predicted molar refractivity (Wildman–Crippen MR) is 90.3 cm³/mol. The van der Waals surface area contributed by atoms with Crippen LogP contribution in [0.3, 0.4) is 0 Å². The lowest BCUT2D eigenvalue weighted by Gasteiger charge is -2.08. The number of para-hydroxylation sites is 1. The summed E-state index contributed by atoms with van der Waals surface area (Å²) in [5.74, 6) is 1.85. The number of nitrogens with one attached hydrogen (secondary N) is 1. The van der Waals surface area contributed by atoms with Crippen LogP contribution in [-0.4, -0.2) is 14.8 Å². The van der Waals surface area contributed by atoms with E-state index in [0.29, 0.717) is 21.6 Å². The van der Waals surface area contributed by atoms with Gasteiger partial charge in [-0.1, -0.05) is 54.1 Å². The third kappa shape index (κ3) is 2.28. The van der Waals surface area contributed by atoms with E-state index in [-0.39, 0.29) is 0 Å². The molecule has 0 unspecified atom stereocenters. The van der Waals surface area contributed by atoms with Crippen molar-refractivity contribution in [2.24, 2.45) is 0 Å². The van der Waals surface area contributed by atoms with Crippen molar-refractivity contribution in [1.29, 1.82) is 0 Å². The highest BCUT2D eigenvalue weighted by Gasteiger charge is 2.43.